The van der Waals surface area contributed by atoms with Gasteiger partial charge in [0, 0.05) is 5.56 Å². The van der Waals surface area contributed by atoms with Crippen molar-refractivity contribution >= 4 is 17.2 Å². The van der Waals surface area contributed by atoms with Crippen LogP contribution in [0.4, 0.5) is 13.2 Å². The Hall–Kier alpha value is -1.86. The molecule has 1 aromatic carbocycles. The van der Waals surface area contributed by atoms with E-state index < -0.39 is 18.6 Å². The Morgan fingerprint density at radius 2 is 1.85 bits per heavy atom. The van der Waals surface area contributed by atoms with Crippen LogP contribution in [0.3, 0.4) is 0 Å². The smallest absolute Gasteiger partial charge is 0.342 e. The SMILES string of the molecule is CC[C@@H](C)c1ccc([C@H]([NH2+]CC(=O)NCC(F)(F)F)c2cccs2)cc1. The molecule has 142 valence electrons. The highest BCUT2D eigenvalue weighted by molar-refractivity contribution is 7.10. The van der Waals surface area contributed by atoms with E-state index in [1.54, 1.807) is 16.7 Å². The van der Waals surface area contributed by atoms with Gasteiger partial charge < -0.3 is 10.6 Å². The van der Waals surface area contributed by atoms with Crippen molar-refractivity contribution in [3.8, 4) is 0 Å². The van der Waals surface area contributed by atoms with Gasteiger partial charge in [-0.1, -0.05) is 44.2 Å². The fourth-order valence-corrected chi connectivity index (χ4v) is 3.50. The average Bonchev–Trinajstić information content (AvgIpc) is 3.14. The van der Waals surface area contributed by atoms with Crippen LogP contribution in [0, 0.1) is 0 Å². The van der Waals surface area contributed by atoms with E-state index in [9.17, 15) is 18.0 Å². The molecule has 0 radical (unpaired) electrons. The average molecular weight is 385 g/mol. The van der Waals surface area contributed by atoms with Gasteiger partial charge in [0.15, 0.2) is 6.54 Å². The van der Waals surface area contributed by atoms with Crippen molar-refractivity contribution in [1.82, 2.24) is 5.32 Å². The number of hydrogen-bond donors (Lipinski definition) is 2. The molecule has 0 aliphatic heterocycles. The molecule has 3 N–H and O–H groups in total. The number of nitrogens with two attached hydrogens (primary N) is 1. The van der Waals surface area contributed by atoms with Crippen LogP contribution < -0.4 is 10.6 Å². The molecule has 1 heterocycles. The summed E-state index contributed by atoms with van der Waals surface area (Å²) in [5.74, 6) is -0.151. The third kappa shape index (κ3) is 6.14. The number of rotatable bonds is 8. The van der Waals surface area contributed by atoms with Crippen LogP contribution in [0.5, 0.6) is 0 Å². The number of halogens is 3. The predicted octanol–water partition coefficient (Wildman–Crippen LogP) is 3.59. The molecule has 1 aromatic heterocycles. The maximum atomic E-state index is 12.2. The van der Waals surface area contributed by atoms with E-state index in [-0.39, 0.29) is 12.6 Å². The molecule has 2 atom stereocenters. The summed E-state index contributed by atoms with van der Waals surface area (Å²) in [6.45, 7) is 2.95. The van der Waals surface area contributed by atoms with Gasteiger partial charge in [0.25, 0.3) is 5.91 Å². The van der Waals surface area contributed by atoms with Crippen molar-refractivity contribution in [2.75, 3.05) is 13.1 Å². The minimum atomic E-state index is -4.39. The molecule has 7 heteroatoms. The minimum Gasteiger partial charge on any atom is -0.342 e. The summed E-state index contributed by atoms with van der Waals surface area (Å²) in [4.78, 5) is 12.8. The van der Waals surface area contributed by atoms with Crippen molar-refractivity contribution in [2.24, 2.45) is 0 Å². The lowest BCUT2D eigenvalue weighted by Crippen LogP contribution is -2.87. The first-order chi connectivity index (χ1) is 12.3. The number of nitrogens with one attached hydrogen (secondary N) is 1. The molecule has 2 rings (SSSR count). The van der Waals surface area contributed by atoms with Crippen LogP contribution >= 0.6 is 11.3 Å². The second-order valence-electron chi connectivity index (χ2n) is 6.30. The Labute approximate surface area is 155 Å². The first kappa shape index (κ1) is 20.5. The Bertz CT molecular complexity index is 684. The van der Waals surface area contributed by atoms with E-state index in [2.05, 4.69) is 26.0 Å². The van der Waals surface area contributed by atoms with Crippen molar-refractivity contribution in [2.45, 2.75) is 38.4 Å². The van der Waals surface area contributed by atoms with E-state index >= 15 is 0 Å². The van der Waals surface area contributed by atoms with Gasteiger partial charge in [0.2, 0.25) is 0 Å². The Kier molecular flexibility index (Phi) is 7.23. The van der Waals surface area contributed by atoms with E-state index in [1.807, 2.05) is 35.0 Å². The van der Waals surface area contributed by atoms with Crippen molar-refractivity contribution in [3.63, 3.8) is 0 Å². The van der Waals surface area contributed by atoms with Gasteiger partial charge in [-0.3, -0.25) is 4.79 Å². The van der Waals surface area contributed by atoms with Crippen molar-refractivity contribution in [3.05, 3.63) is 57.8 Å². The van der Waals surface area contributed by atoms with Crippen LogP contribution in [0.25, 0.3) is 0 Å². The van der Waals surface area contributed by atoms with Gasteiger partial charge in [0.1, 0.15) is 12.6 Å². The summed E-state index contributed by atoms with van der Waals surface area (Å²) in [6, 6.07) is 12.0. The highest BCUT2D eigenvalue weighted by Crippen LogP contribution is 2.25. The zero-order chi connectivity index (χ0) is 19.2. The Balaban J connectivity index is 2.06. The lowest BCUT2D eigenvalue weighted by molar-refractivity contribution is -0.676. The Morgan fingerprint density at radius 1 is 1.19 bits per heavy atom. The number of carbonyl (C=O) groups is 1. The molecule has 0 saturated heterocycles. The normalized spacial score (nSPS) is 14.0. The fourth-order valence-electron chi connectivity index (χ4n) is 2.65. The number of quaternary nitrogens is 1. The second kappa shape index (κ2) is 9.19. The van der Waals surface area contributed by atoms with Gasteiger partial charge in [-0.25, -0.2) is 0 Å². The summed E-state index contributed by atoms with van der Waals surface area (Å²) in [5.41, 5.74) is 2.28. The van der Waals surface area contributed by atoms with Crippen LogP contribution in [0.15, 0.2) is 41.8 Å². The molecule has 0 unspecified atom stereocenters. The quantitative estimate of drug-likeness (QED) is 0.717. The molecule has 0 saturated carbocycles. The number of thiophene rings is 1. The summed E-state index contributed by atoms with van der Waals surface area (Å²) in [7, 11) is 0. The maximum absolute atomic E-state index is 12.2. The first-order valence-electron chi connectivity index (χ1n) is 8.60. The number of hydrogen-bond acceptors (Lipinski definition) is 2. The Morgan fingerprint density at radius 3 is 2.38 bits per heavy atom. The topological polar surface area (TPSA) is 45.7 Å². The van der Waals surface area contributed by atoms with Crippen LogP contribution in [0.1, 0.15) is 48.2 Å². The lowest BCUT2D eigenvalue weighted by atomic mass is 9.95. The molecule has 1 amide bonds. The van der Waals surface area contributed by atoms with E-state index in [0.29, 0.717) is 5.92 Å². The zero-order valence-corrected chi connectivity index (χ0v) is 15.7. The summed E-state index contributed by atoms with van der Waals surface area (Å²) in [5, 5.41) is 5.64. The summed E-state index contributed by atoms with van der Waals surface area (Å²) in [6.07, 6.45) is -3.34. The highest BCUT2D eigenvalue weighted by Gasteiger charge is 2.28. The number of benzene rings is 1. The fraction of sp³-hybridized carbons (Fsp3) is 0.421. The summed E-state index contributed by atoms with van der Waals surface area (Å²) < 4.78 is 36.6. The monoisotopic (exact) mass is 385 g/mol. The van der Waals surface area contributed by atoms with Gasteiger partial charge in [-0.15, -0.1) is 11.3 Å². The standard InChI is InChI=1S/C19H23F3N2OS/c1-3-13(2)14-6-8-15(9-7-14)18(16-5-4-10-26-16)23-11-17(25)24-12-19(20,21)22/h4-10,13,18,23H,3,11-12H2,1-2H3,(H,24,25)/p+1/t13-,18+/m1/s1. The van der Waals surface area contributed by atoms with E-state index in [4.69, 9.17) is 0 Å². The molecule has 0 fully saturated rings. The van der Waals surface area contributed by atoms with Crippen molar-refractivity contribution in [1.29, 1.82) is 0 Å². The zero-order valence-electron chi connectivity index (χ0n) is 14.8. The third-order valence-corrected chi connectivity index (χ3v) is 5.31. The molecular weight excluding hydrogens is 361 g/mol. The first-order valence-corrected chi connectivity index (χ1v) is 9.48. The van der Waals surface area contributed by atoms with Crippen LogP contribution in [-0.4, -0.2) is 25.2 Å². The minimum absolute atomic E-state index is 0.0637. The maximum Gasteiger partial charge on any atom is 0.405 e. The van der Waals surface area contributed by atoms with Gasteiger partial charge in [0.05, 0.1) is 4.88 Å². The van der Waals surface area contributed by atoms with E-state index in [0.717, 1.165) is 16.9 Å². The van der Waals surface area contributed by atoms with Crippen LogP contribution in [-0.2, 0) is 4.79 Å². The largest absolute Gasteiger partial charge is 0.405 e. The third-order valence-electron chi connectivity index (χ3n) is 4.35. The van der Waals surface area contributed by atoms with Crippen LogP contribution in [0.2, 0.25) is 0 Å². The lowest BCUT2D eigenvalue weighted by Gasteiger charge is -2.16. The molecule has 2 aromatic rings. The highest BCUT2D eigenvalue weighted by atomic mass is 32.1. The van der Waals surface area contributed by atoms with Gasteiger partial charge in [-0.05, 0) is 29.3 Å². The number of alkyl halides is 3. The summed E-state index contributed by atoms with van der Waals surface area (Å²) >= 11 is 1.57. The van der Waals surface area contributed by atoms with Crippen molar-refractivity contribution < 1.29 is 23.3 Å². The molecule has 0 spiro atoms. The van der Waals surface area contributed by atoms with Gasteiger partial charge in [-0.2, -0.15) is 13.2 Å². The number of amides is 1. The van der Waals surface area contributed by atoms with E-state index in [1.165, 1.54) is 5.56 Å². The predicted molar refractivity (Wildman–Crippen MR) is 97.2 cm³/mol. The second-order valence-corrected chi connectivity index (χ2v) is 7.28. The molecule has 0 aliphatic rings. The van der Waals surface area contributed by atoms with Gasteiger partial charge >= 0.3 is 6.18 Å². The molecule has 0 aliphatic carbocycles. The molecular formula is C19H24F3N2OS+. The molecule has 26 heavy (non-hydrogen) atoms. The molecule has 3 nitrogen and oxygen atoms in total. The molecule has 0 bridgehead atoms. The number of carbonyl (C=O) groups excluding carboxylic acids is 1.